The first kappa shape index (κ1) is 29.3. The fourth-order valence-electron chi connectivity index (χ4n) is 4.64. The van der Waals surface area contributed by atoms with Gasteiger partial charge in [-0.05, 0) is 39.8 Å². The van der Waals surface area contributed by atoms with Crippen molar-refractivity contribution in [1.82, 2.24) is 10.0 Å². The van der Waals surface area contributed by atoms with E-state index < -0.39 is 14.4 Å². The van der Waals surface area contributed by atoms with Crippen molar-refractivity contribution >= 4 is 59.3 Å². The van der Waals surface area contributed by atoms with E-state index in [4.69, 9.17) is 22.8 Å². The fourth-order valence-corrected chi connectivity index (χ4v) is 8.39. The summed E-state index contributed by atoms with van der Waals surface area (Å²) in [5.41, 5.74) is 3.54. The standard InChI is InChI=1S/C18H24N5S.4C2H5.2Al/c1-12-10-14(3)22(20-12)18(23-15(4)11-13(2)21-23)17(24)19-16-8-6-5-7-9-16;4*1-2;;/h5-9,14-15,24H,10-11H2,1-4H3;4*1H2,2H3;;/q-1;;;;;;+1/t14-,15?;;;;;;/m0....../s1. The van der Waals surface area contributed by atoms with E-state index in [2.05, 4.69) is 99.6 Å². The number of anilines is 1. The molecule has 3 rings (SSSR count). The zero-order valence-corrected chi connectivity index (χ0v) is 25.8. The Kier molecular flexibility index (Phi) is 12.6. The summed E-state index contributed by atoms with van der Waals surface area (Å²) in [7, 11) is 0. The number of nitrogens with zero attached hydrogens (tertiary/aromatic N) is 5. The molecule has 185 valence electrons. The van der Waals surface area contributed by atoms with Crippen LogP contribution in [0.3, 0.4) is 0 Å². The van der Waals surface area contributed by atoms with Crippen LogP contribution in [0.1, 0.15) is 68.2 Å². The van der Waals surface area contributed by atoms with Crippen molar-refractivity contribution in [1.29, 1.82) is 0 Å². The lowest BCUT2D eigenvalue weighted by Crippen LogP contribution is -2.42. The second-order valence-electron chi connectivity index (χ2n) is 9.39. The van der Waals surface area contributed by atoms with E-state index in [9.17, 15) is 0 Å². The van der Waals surface area contributed by atoms with Gasteiger partial charge >= 0.3 is 14.4 Å². The summed E-state index contributed by atoms with van der Waals surface area (Å²) in [6.45, 7) is 17.8. The monoisotopic (exact) mass is 512 g/mol. The highest BCUT2D eigenvalue weighted by atomic mass is 32.1. The SMILES string of the molecule is C[CH2][Al]([CH2]C)[N](C(S)=C(N1N=C(C)CC1C)N1N=C(C)C[C@@H]1C)c1ccccc1.C[CH2][Al][CH2]C. The molecule has 1 unspecified atom stereocenters. The number of hydrogen-bond donors (Lipinski definition) is 1. The predicted molar refractivity (Wildman–Crippen MR) is 156 cm³/mol. The molecule has 8 heteroatoms. The number of thiol groups is 1. The molecule has 0 bridgehead atoms. The number of para-hydroxylation sites is 1. The van der Waals surface area contributed by atoms with Crippen molar-refractivity contribution in [3.05, 3.63) is 41.2 Å². The van der Waals surface area contributed by atoms with Crippen molar-refractivity contribution in [3.8, 4) is 0 Å². The molecule has 34 heavy (non-hydrogen) atoms. The molecule has 0 aliphatic carbocycles. The maximum absolute atomic E-state index is 5.19. The molecule has 2 aliphatic heterocycles. The summed E-state index contributed by atoms with van der Waals surface area (Å²) < 4.78 is 2.50. The Morgan fingerprint density at radius 1 is 0.941 bits per heavy atom. The summed E-state index contributed by atoms with van der Waals surface area (Å²) in [5.74, 6) is 1.02. The molecule has 0 spiro atoms. The summed E-state index contributed by atoms with van der Waals surface area (Å²) in [6.07, 6.45) is 1.95. The predicted octanol–water partition coefficient (Wildman–Crippen LogP) is 7.09. The van der Waals surface area contributed by atoms with Gasteiger partial charge in [-0.15, -0.1) is 23.2 Å². The van der Waals surface area contributed by atoms with E-state index in [1.54, 1.807) is 0 Å². The minimum Gasteiger partial charge on any atom is -0.426 e. The van der Waals surface area contributed by atoms with Gasteiger partial charge in [0, 0.05) is 30.0 Å². The van der Waals surface area contributed by atoms with E-state index in [1.165, 1.54) is 26.8 Å². The van der Waals surface area contributed by atoms with Crippen molar-refractivity contribution in [2.75, 3.05) is 3.88 Å². The Bertz CT molecular complexity index is 818. The Morgan fingerprint density at radius 3 is 1.74 bits per heavy atom. The van der Waals surface area contributed by atoms with Crippen LogP contribution < -0.4 is 3.88 Å². The Balaban J connectivity index is 0.000000739. The first-order valence-electron chi connectivity index (χ1n) is 13.0. The lowest BCUT2D eigenvalue weighted by Gasteiger charge is -2.38. The largest absolute Gasteiger partial charge is 0.426 e. The molecule has 0 saturated carbocycles. The molecule has 5 nitrogen and oxygen atoms in total. The van der Waals surface area contributed by atoms with Crippen LogP contribution in [0.5, 0.6) is 0 Å². The Morgan fingerprint density at radius 2 is 1.41 bits per heavy atom. The normalized spacial score (nSPS) is 20.3. The highest BCUT2D eigenvalue weighted by molar-refractivity contribution is 7.84. The zero-order valence-electron chi connectivity index (χ0n) is 22.6. The van der Waals surface area contributed by atoms with Crippen LogP contribution >= 0.6 is 12.6 Å². The second-order valence-corrected chi connectivity index (χ2v) is 15.5. The molecule has 0 N–H and O–H groups in total. The van der Waals surface area contributed by atoms with E-state index >= 15 is 0 Å². The van der Waals surface area contributed by atoms with Crippen molar-refractivity contribution < 1.29 is 0 Å². The van der Waals surface area contributed by atoms with Crippen molar-refractivity contribution in [2.45, 2.75) is 101 Å². The Hall–Kier alpha value is -0.885. The van der Waals surface area contributed by atoms with Gasteiger partial charge in [0.15, 0.2) is 21.0 Å². The van der Waals surface area contributed by atoms with Crippen LogP contribution in [0.25, 0.3) is 0 Å². The van der Waals surface area contributed by atoms with Crippen LogP contribution in [-0.2, 0) is 0 Å². The summed E-state index contributed by atoms with van der Waals surface area (Å²) in [5, 5.41) is 20.3. The van der Waals surface area contributed by atoms with E-state index in [0.29, 0.717) is 12.1 Å². The minimum absolute atomic E-state index is 0.302. The van der Waals surface area contributed by atoms with Crippen LogP contribution in [0.2, 0.25) is 21.1 Å². The summed E-state index contributed by atoms with van der Waals surface area (Å²) in [4.78, 5) is 0. The highest BCUT2D eigenvalue weighted by Crippen LogP contribution is 2.36. The van der Waals surface area contributed by atoms with Gasteiger partial charge in [0.1, 0.15) is 0 Å². The lowest BCUT2D eigenvalue weighted by atomic mass is 10.2. The van der Waals surface area contributed by atoms with Gasteiger partial charge in [-0.3, -0.25) is 0 Å². The van der Waals surface area contributed by atoms with Gasteiger partial charge in [0.25, 0.3) is 0 Å². The van der Waals surface area contributed by atoms with Gasteiger partial charge in [-0.25, -0.2) is 10.0 Å². The van der Waals surface area contributed by atoms with Crippen LogP contribution in [0, 0.1) is 0 Å². The molecule has 2 aliphatic rings. The first-order chi connectivity index (χ1) is 16.3. The van der Waals surface area contributed by atoms with Crippen LogP contribution in [-0.4, -0.2) is 63.1 Å². The van der Waals surface area contributed by atoms with Crippen molar-refractivity contribution in [2.24, 2.45) is 10.2 Å². The van der Waals surface area contributed by atoms with Gasteiger partial charge in [0.05, 0.1) is 17.1 Å². The van der Waals surface area contributed by atoms with Gasteiger partial charge in [0.2, 0.25) is 0 Å². The number of hydrazone groups is 2. The second kappa shape index (κ2) is 14.6. The van der Waals surface area contributed by atoms with Crippen molar-refractivity contribution in [3.63, 3.8) is 0 Å². The average Bonchev–Trinajstić information content (AvgIpc) is 3.33. The smallest absolute Gasteiger partial charge is 0.419 e. The molecule has 2 heterocycles. The molecule has 0 amide bonds. The number of benzene rings is 1. The topological polar surface area (TPSA) is 34.4 Å². The molecule has 1 radical (unpaired) electrons. The maximum Gasteiger partial charge on any atom is 0.419 e. The third-order valence-corrected chi connectivity index (χ3v) is 11.3. The third kappa shape index (κ3) is 7.56. The average molecular weight is 513 g/mol. The number of rotatable bonds is 9. The molecule has 0 aromatic heterocycles. The summed E-state index contributed by atoms with van der Waals surface area (Å²) >= 11 is 4.75. The zero-order chi connectivity index (χ0) is 25.3. The summed E-state index contributed by atoms with van der Waals surface area (Å²) in [6, 6.07) is 11.3. The quantitative estimate of drug-likeness (QED) is 0.283. The molecule has 1 aromatic carbocycles. The molecule has 2 atom stereocenters. The van der Waals surface area contributed by atoms with Crippen LogP contribution in [0.15, 0.2) is 51.4 Å². The molecule has 1 aromatic rings. The van der Waals surface area contributed by atoms with E-state index in [1.807, 2.05) is 0 Å². The Labute approximate surface area is 225 Å². The lowest BCUT2D eigenvalue weighted by molar-refractivity contribution is 0.174. The van der Waals surface area contributed by atoms with Gasteiger partial charge in [-0.1, -0.05) is 56.5 Å². The maximum atomic E-state index is 5.19. The fraction of sp³-hybridized carbons (Fsp3) is 0.615. The molecular weight excluding hydrogens is 468 g/mol. The minimum atomic E-state index is -1.26. The van der Waals surface area contributed by atoms with E-state index in [-0.39, 0.29) is 0 Å². The highest BCUT2D eigenvalue weighted by Gasteiger charge is 2.37. The first-order valence-corrected chi connectivity index (χ1v) is 17.3. The van der Waals surface area contributed by atoms with Crippen LogP contribution in [0.4, 0.5) is 5.69 Å². The molecule has 0 saturated heterocycles. The van der Waals surface area contributed by atoms with Gasteiger partial charge in [-0.2, -0.15) is 10.2 Å². The van der Waals surface area contributed by atoms with E-state index in [0.717, 1.165) is 50.3 Å². The van der Waals surface area contributed by atoms with Gasteiger partial charge < -0.3 is 3.88 Å². The number of hydrogen-bond acceptors (Lipinski definition) is 6. The molecular formula is C26H44Al2N5S. The third-order valence-electron chi connectivity index (χ3n) is 6.36. The molecule has 0 fully saturated rings.